The van der Waals surface area contributed by atoms with Gasteiger partial charge in [-0.1, -0.05) is 12.1 Å². The number of carbonyl (C=O) groups excluding carboxylic acids is 1. The molecule has 5 nitrogen and oxygen atoms in total. The van der Waals surface area contributed by atoms with E-state index in [2.05, 4.69) is 0 Å². The van der Waals surface area contributed by atoms with Crippen molar-refractivity contribution in [3.8, 4) is 0 Å². The Labute approximate surface area is 92.8 Å². The van der Waals surface area contributed by atoms with Gasteiger partial charge in [0, 0.05) is 32.0 Å². The molecular formula is C11H12N2O3. The number of rotatable bonds is 2. The van der Waals surface area contributed by atoms with E-state index < -0.39 is 0 Å². The second-order valence-corrected chi connectivity index (χ2v) is 3.77. The summed E-state index contributed by atoms with van der Waals surface area (Å²) >= 11 is 0. The fraction of sp³-hybridized carbons (Fsp3) is 0.364. The monoisotopic (exact) mass is 220 g/mol. The molecule has 0 amide bonds. The number of carbonyl (C=O) groups is 1. The van der Waals surface area contributed by atoms with Gasteiger partial charge in [0.25, 0.3) is 5.69 Å². The summed E-state index contributed by atoms with van der Waals surface area (Å²) in [6, 6.07) is 6.65. The van der Waals surface area contributed by atoms with Crippen LogP contribution in [-0.2, 0) is 4.79 Å². The van der Waals surface area contributed by atoms with Gasteiger partial charge in [0.1, 0.15) is 11.5 Å². The summed E-state index contributed by atoms with van der Waals surface area (Å²) in [5, 5.41) is 10.8. The van der Waals surface area contributed by atoms with Crippen molar-refractivity contribution in [2.75, 3.05) is 18.0 Å². The van der Waals surface area contributed by atoms with Crippen molar-refractivity contribution in [2.24, 2.45) is 0 Å². The highest BCUT2D eigenvalue weighted by molar-refractivity contribution is 5.81. The fourth-order valence-electron chi connectivity index (χ4n) is 1.88. The Balaban J connectivity index is 2.26. The van der Waals surface area contributed by atoms with Crippen molar-refractivity contribution in [3.63, 3.8) is 0 Å². The minimum absolute atomic E-state index is 0.108. The summed E-state index contributed by atoms with van der Waals surface area (Å²) in [4.78, 5) is 23.5. The molecule has 84 valence electrons. The number of nitro groups is 1. The van der Waals surface area contributed by atoms with E-state index in [9.17, 15) is 14.9 Å². The number of nitrogens with zero attached hydrogens (tertiary/aromatic N) is 2. The molecule has 2 rings (SSSR count). The molecule has 0 radical (unpaired) electrons. The molecule has 1 aliphatic rings. The van der Waals surface area contributed by atoms with Crippen LogP contribution in [0.15, 0.2) is 24.3 Å². The van der Waals surface area contributed by atoms with Gasteiger partial charge in [-0.3, -0.25) is 14.9 Å². The van der Waals surface area contributed by atoms with Gasteiger partial charge in [-0.15, -0.1) is 0 Å². The van der Waals surface area contributed by atoms with Crippen molar-refractivity contribution in [1.82, 2.24) is 0 Å². The lowest BCUT2D eigenvalue weighted by atomic mass is 10.1. The number of hydrogen-bond acceptors (Lipinski definition) is 4. The lowest BCUT2D eigenvalue weighted by Gasteiger charge is -2.27. The number of Topliss-reactive ketones (excluding diaryl/α,β-unsaturated/α-hetero) is 1. The summed E-state index contributed by atoms with van der Waals surface area (Å²) in [6.45, 7) is 1.15. The molecule has 1 heterocycles. The summed E-state index contributed by atoms with van der Waals surface area (Å²) < 4.78 is 0. The van der Waals surface area contributed by atoms with Crippen LogP contribution in [0.2, 0.25) is 0 Å². The Morgan fingerprint density at radius 1 is 1.19 bits per heavy atom. The molecule has 0 saturated carbocycles. The summed E-state index contributed by atoms with van der Waals surface area (Å²) in [5.41, 5.74) is 0.719. The van der Waals surface area contributed by atoms with Crippen molar-refractivity contribution in [1.29, 1.82) is 0 Å². The molecule has 1 saturated heterocycles. The highest BCUT2D eigenvalue weighted by Gasteiger charge is 2.22. The molecule has 16 heavy (non-hydrogen) atoms. The minimum Gasteiger partial charge on any atom is -0.365 e. The Bertz CT molecular complexity index is 421. The van der Waals surface area contributed by atoms with Gasteiger partial charge in [0.15, 0.2) is 0 Å². The molecule has 1 aliphatic heterocycles. The molecule has 1 aromatic carbocycles. The molecule has 0 N–H and O–H groups in total. The fourth-order valence-corrected chi connectivity index (χ4v) is 1.88. The van der Waals surface area contributed by atoms with Crippen LogP contribution >= 0.6 is 0 Å². The van der Waals surface area contributed by atoms with Gasteiger partial charge in [-0.2, -0.15) is 0 Å². The first-order valence-corrected chi connectivity index (χ1v) is 5.18. The molecule has 0 aliphatic carbocycles. The standard InChI is InChI=1S/C11H12N2O3/c14-9-5-7-12(8-6-9)10-3-1-2-4-11(10)13(15)16/h1-4H,5-8H2. The van der Waals surface area contributed by atoms with Crippen LogP contribution in [0.5, 0.6) is 0 Å². The van der Waals surface area contributed by atoms with E-state index in [1.807, 2.05) is 4.90 Å². The van der Waals surface area contributed by atoms with Crippen molar-refractivity contribution >= 4 is 17.2 Å². The Morgan fingerprint density at radius 2 is 1.81 bits per heavy atom. The summed E-state index contributed by atoms with van der Waals surface area (Å²) in [7, 11) is 0. The van der Waals surface area contributed by atoms with Gasteiger partial charge in [-0.25, -0.2) is 0 Å². The van der Waals surface area contributed by atoms with Crippen molar-refractivity contribution < 1.29 is 9.72 Å². The second-order valence-electron chi connectivity index (χ2n) is 3.77. The third kappa shape index (κ3) is 2.03. The molecule has 0 bridgehead atoms. The van der Waals surface area contributed by atoms with Crippen LogP contribution in [0.1, 0.15) is 12.8 Å². The van der Waals surface area contributed by atoms with Crippen LogP contribution < -0.4 is 4.90 Å². The lowest BCUT2D eigenvalue weighted by Crippen LogP contribution is -2.34. The smallest absolute Gasteiger partial charge is 0.292 e. The number of ketones is 1. The molecule has 1 fully saturated rings. The van der Waals surface area contributed by atoms with Crippen molar-refractivity contribution in [2.45, 2.75) is 12.8 Å². The van der Waals surface area contributed by atoms with E-state index in [1.165, 1.54) is 6.07 Å². The number of hydrogen-bond donors (Lipinski definition) is 0. The maximum atomic E-state index is 11.1. The highest BCUT2D eigenvalue weighted by Crippen LogP contribution is 2.28. The molecule has 5 heteroatoms. The third-order valence-electron chi connectivity index (χ3n) is 2.74. The first kappa shape index (κ1) is 10.6. The average Bonchev–Trinajstić information content (AvgIpc) is 2.30. The Hall–Kier alpha value is -1.91. The van der Waals surface area contributed by atoms with Crippen LogP contribution in [-0.4, -0.2) is 23.8 Å². The predicted molar refractivity (Wildman–Crippen MR) is 59.6 cm³/mol. The van der Waals surface area contributed by atoms with E-state index >= 15 is 0 Å². The van der Waals surface area contributed by atoms with Gasteiger partial charge in [0.05, 0.1) is 4.92 Å². The van der Waals surface area contributed by atoms with Crippen LogP contribution in [0.3, 0.4) is 0 Å². The maximum Gasteiger partial charge on any atom is 0.292 e. The van der Waals surface area contributed by atoms with E-state index in [0.29, 0.717) is 31.6 Å². The van der Waals surface area contributed by atoms with E-state index in [0.717, 1.165) is 0 Å². The quantitative estimate of drug-likeness (QED) is 0.562. The van der Waals surface area contributed by atoms with Gasteiger partial charge < -0.3 is 4.90 Å². The maximum absolute atomic E-state index is 11.1. The topological polar surface area (TPSA) is 63.5 Å². The van der Waals surface area contributed by atoms with E-state index in [1.54, 1.807) is 18.2 Å². The molecule has 0 unspecified atom stereocenters. The number of para-hydroxylation sites is 2. The number of nitro benzene ring substituents is 1. The number of piperidine rings is 1. The van der Waals surface area contributed by atoms with Crippen LogP contribution in [0, 0.1) is 10.1 Å². The van der Waals surface area contributed by atoms with E-state index in [-0.39, 0.29) is 16.4 Å². The predicted octanol–water partition coefficient (Wildman–Crippen LogP) is 1.76. The van der Waals surface area contributed by atoms with Gasteiger partial charge >= 0.3 is 0 Å². The first-order chi connectivity index (χ1) is 7.68. The largest absolute Gasteiger partial charge is 0.365 e. The number of benzene rings is 1. The normalized spacial score (nSPS) is 16.2. The first-order valence-electron chi connectivity index (χ1n) is 5.18. The van der Waals surface area contributed by atoms with Gasteiger partial charge in [-0.05, 0) is 6.07 Å². The molecule has 0 spiro atoms. The van der Waals surface area contributed by atoms with Gasteiger partial charge in [0.2, 0.25) is 0 Å². The average molecular weight is 220 g/mol. The van der Waals surface area contributed by atoms with Crippen molar-refractivity contribution in [3.05, 3.63) is 34.4 Å². The molecule has 0 atom stereocenters. The van der Waals surface area contributed by atoms with E-state index in [4.69, 9.17) is 0 Å². The Morgan fingerprint density at radius 3 is 2.44 bits per heavy atom. The molecular weight excluding hydrogens is 208 g/mol. The number of anilines is 1. The SMILES string of the molecule is O=C1CCN(c2ccccc2[N+](=O)[O-])CC1. The Kier molecular flexibility index (Phi) is 2.85. The zero-order valence-electron chi connectivity index (χ0n) is 8.76. The highest BCUT2D eigenvalue weighted by atomic mass is 16.6. The molecule has 0 aromatic heterocycles. The summed E-state index contributed by atoms with van der Waals surface area (Å²) in [5.74, 6) is 0.231. The zero-order chi connectivity index (χ0) is 11.5. The summed E-state index contributed by atoms with van der Waals surface area (Å²) in [6.07, 6.45) is 0.956. The van der Waals surface area contributed by atoms with Crippen LogP contribution in [0.25, 0.3) is 0 Å². The second kappa shape index (κ2) is 4.30. The third-order valence-corrected chi connectivity index (χ3v) is 2.74. The lowest BCUT2D eigenvalue weighted by molar-refractivity contribution is -0.384. The minimum atomic E-state index is -0.383. The molecule has 1 aromatic rings. The van der Waals surface area contributed by atoms with Crippen LogP contribution in [0.4, 0.5) is 11.4 Å². The zero-order valence-corrected chi connectivity index (χ0v) is 8.76.